The van der Waals surface area contributed by atoms with E-state index in [1.54, 1.807) is 0 Å². The van der Waals surface area contributed by atoms with Crippen molar-refractivity contribution in [1.29, 1.82) is 0 Å². The maximum atomic E-state index is 12.0. The molecule has 0 aliphatic heterocycles. The zero-order valence-corrected chi connectivity index (χ0v) is 13.2. The lowest BCUT2D eigenvalue weighted by Crippen LogP contribution is -2.22. The van der Waals surface area contributed by atoms with Gasteiger partial charge in [0.25, 0.3) is 5.91 Å². The van der Waals surface area contributed by atoms with Crippen LogP contribution in [0, 0.1) is 0 Å². The summed E-state index contributed by atoms with van der Waals surface area (Å²) in [5.41, 5.74) is 0.846. The molecule has 23 heavy (non-hydrogen) atoms. The van der Waals surface area contributed by atoms with Gasteiger partial charge in [0.05, 0.1) is 5.56 Å². The van der Waals surface area contributed by atoms with Crippen molar-refractivity contribution in [3.8, 4) is 5.75 Å². The number of nitrogens with two attached hydrogens (primary N) is 1. The molecular formula is C13H12F2N2O4S2. The lowest BCUT2D eigenvalue weighted by atomic mass is 10.2. The average molecular weight is 362 g/mol. The number of nitrogens with one attached hydrogen (secondary N) is 1. The zero-order chi connectivity index (χ0) is 17.0. The Balaban J connectivity index is 1.95. The predicted molar refractivity (Wildman–Crippen MR) is 79.9 cm³/mol. The van der Waals surface area contributed by atoms with Crippen LogP contribution in [-0.4, -0.2) is 20.9 Å². The first kappa shape index (κ1) is 17.3. The van der Waals surface area contributed by atoms with Gasteiger partial charge in [0.2, 0.25) is 10.0 Å². The van der Waals surface area contributed by atoms with E-state index in [-0.39, 0.29) is 22.1 Å². The van der Waals surface area contributed by atoms with E-state index < -0.39 is 22.5 Å². The number of hydrogen-bond donors (Lipinski definition) is 2. The molecule has 2 rings (SSSR count). The van der Waals surface area contributed by atoms with Crippen LogP contribution in [0.2, 0.25) is 0 Å². The molecule has 0 spiro atoms. The number of amides is 1. The monoisotopic (exact) mass is 362 g/mol. The number of benzene rings is 1. The highest BCUT2D eigenvalue weighted by Gasteiger charge is 2.15. The van der Waals surface area contributed by atoms with Crippen LogP contribution < -0.4 is 15.2 Å². The molecule has 0 aliphatic carbocycles. The quantitative estimate of drug-likeness (QED) is 0.820. The minimum atomic E-state index is -3.83. The van der Waals surface area contributed by atoms with Crippen molar-refractivity contribution in [2.24, 2.45) is 5.14 Å². The summed E-state index contributed by atoms with van der Waals surface area (Å²) in [7, 11) is -3.83. The van der Waals surface area contributed by atoms with Crippen LogP contribution in [0.5, 0.6) is 5.75 Å². The van der Waals surface area contributed by atoms with Crippen molar-refractivity contribution in [2.75, 3.05) is 0 Å². The first-order chi connectivity index (χ1) is 10.8. The Labute approximate surface area is 134 Å². The third-order valence-electron chi connectivity index (χ3n) is 2.72. The van der Waals surface area contributed by atoms with Crippen molar-refractivity contribution in [2.45, 2.75) is 17.4 Å². The van der Waals surface area contributed by atoms with Gasteiger partial charge in [0.1, 0.15) is 9.96 Å². The SMILES string of the molecule is NS(=O)(=O)c1cc(C(=O)NCc2ccc(OC(F)F)cc2)cs1. The van der Waals surface area contributed by atoms with E-state index in [9.17, 15) is 22.0 Å². The molecular weight excluding hydrogens is 350 g/mol. The van der Waals surface area contributed by atoms with Gasteiger partial charge in [-0.15, -0.1) is 11.3 Å². The standard InChI is InChI=1S/C13H12F2N2O4S2/c14-13(15)21-10-3-1-8(2-4-10)6-17-12(18)9-5-11(22-7-9)23(16,19)20/h1-5,7,13H,6H2,(H,17,18)(H2,16,19,20). The highest BCUT2D eigenvalue weighted by atomic mass is 32.2. The number of carbonyl (C=O) groups is 1. The molecule has 2 aromatic rings. The predicted octanol–water partition coefficient (Wildman–Crippen LogP) is 1.93. The highest BCUT2D eigenvalue weighted by molar-refractivity contribution is 7.91. The molecule has 3 N–H and O–H groups in total. The van der Waals surface area contributed by atoms with E-state index in [1.807, 2.05) is 0 Å². The van der Waals surface area contributed by atoms with Gasteiger partial charge in [-0.2, -0.15) is 8.78 Å². The molecule has 0 atom stereocenters. The summed E-state index contributed by atoms with van der Waals surface area (Å²) >= 11 is 0.853. The molecule has 0 radical (unpaired) electrons. The van der Waals surface area contributed by atoms with Gasteiger partial charge < -0.3 is 10.1 Å². The molecule has 6 nitrogen and oxygen atoms in total. The Kier molecular flexibility index (Phi) is 5.29. The Morgan fingerprint density at radius 1 is 1.30 bits per heavy atom. The minimum Gasteiger partial charge on any atom is -0.435 e. The normalized spacial score (nSPS) is 11.5. The fourth-order valence-electron chi connectivity index (χ4n) is 1.66. The average Bonchev–Trinajstić information content (AvgIpc) is 2.95. The van der Waals surface area contributed by atoms with Crippen molar-refractivity contribution < 1.29 is 26.7 Å². The van der Waals surface area contributed by atoms with E-state index >= 15 is 0 Å². The molecule has 1 aromatic carbocycles. The molecule has 0 bridgehead atoms. The van der Waals surface area contributed by atoms with Crippen molar-refractivity contribution in [3.63, 3.8) is 0 Å². The number of thiophene rings is 1. The molecule has 1 aromatic heterocycles. The number of rotatable bonds is 6. The first-order valence-electron chi connectivity index (χ1n) is 6.19. The Bertz CT molecular complexity index is 789. The van der Waals surface area contributed by atoms with Gasteiger partial charge in [-0.05, 0) is 23.8 Å². The van der Waals surface area contributed by atoms with Gasteiger partial charge in [-0.1, -0.05) is 12.1 Å². The smallest absolute Gasteiger partial charge is 0.387 e. The second-order valence-electron chi connectivity index (χ2n) is 4.40. The zero-order valence-electron chi connectivity index (χ0n) is 11.5. The van der Waals surface area contributed by atoms with Crippen LogP contribution in [0.15, 0.2) is 39.9 Å². The molecule has 124 valence electrons. The fraction of sp³-hybridized carbons (Fsp3) is 0.154. The number of alkyl halides is 2. The number of halogens is 2. The number of sulfonamides is 1. The fourth-order valence-corrected chi connectivity index (χ4v) is 3.24. The number of hydrogen-bond acceptors (Lipinski definition) is 5. The highest BCUT2D eigenvalue weighted by Crippen LogP contribution is 2.19. The van der Waals surface area contributed by atoms with Gasteiger partial charge in [0, 0.05) is 11.9 Å². The van der Waals surface area contributed by atoms with Crippen LogP contribution in [-0.2, 0) is 16.6 Å². The van der Waals surface area contributed by atoms with Crippen LogP contribution in [0.4, 0.5) is 8.78 Å². The van der Waals surface area contributed by atoms with Crippen LogP contribution in [0.1, 0.15) is 15.9 Å². The molecule has 10 heteroatoms. The van der Waals surface area contributed by atoms with Crippen molar-refractivity contribution in [3.05, 3.63) is 46.8 Å². The largest absolute Gasteiger partial charge is 0.435 e. The Morgan fingerprint density at radius 3 is 2.48 bits per heavy atom. The summed E-state index contributed by atoms with van der Waals surface area (Å²) in [5.74, 6) is -0.449. The van der Waals surface area contributed by atoms with E-state index in [2.05, 4.69) is 10.1 Å². The summed E-state index contributed by atoms with van der Waals surface area (Å²) in [6, 6.07) is 6.96. The molecule has 0 aliphatic rings. The summed E-state index contributed by atoms with van der Waals surface area (Å²) in [4.78, 5) is 11.9. The van der Waals surface area contributed by atoms with E-state index in [0.29, 0.717) is 5.56 Å². The van der Waals surface area contributed by atoms with Gasteiger partial charge in [0.15, 0.2) is 0 Å². The third-order valence-corrected chi connectivity index (χ3v) is 5.11. The first-order valence-corrected chi connectivity index (χ1v) is 8.61. The summed E-state index contributed by atoms with van der Waals surface area (Å²) in [6.45, 7) is -2.75. The summed E-state index contributed by atoms with van der Waals surface area (Å²) in [5, 5.41) is 8.94. The summed E-state index contributed by atoms with van der Waals surface area (Å²) < 4.78 is 50.4. The lowest BCUT2D eigenvalue weighted by Gasteiger charge is -2.07. The third kappa shape index (κ3) is 4.98. The van der Waals surface area contributed by atoms with Gasteiger partial charge >= 0.3 is 6.61 Å². The second-order valence-corrected chi connectivity index (χ2v) is 7.10. The Hall–Kier alpha value is -2.04. The maximum Gasteiger partial charge on any atom is 0.387 e. The van der Waals surface area contributed by atoms with Crippen LogP contribution >= 0.6 is 11.3 Å². The molecule has 0 saturated heterocycles. The maximum absolute atomic E-state index is 12.0. The number of ether oxygens (including phenoxy) is 1. The van der Waals surface area contributed by atoms with E-state index in [4.69, 9.17) is 5.14 Å². The van der Waals surface area contributed by atoms with Gasteiger partial charge in [-0.25, -0.2) is 13.6 Å². The summed E-state index contributed by atoms with van der Waals surface area (Å²) in [6.07, 6.45) is 0. The van der Waals surface area contributed by atoms with Crippen LogP contribution in [0.3, 0.4) is 0 Å². The van der Waals surface area contributed by atoms with Crippen molar-refractivity contribution in [1.82, 2.24) is 5.32 Å². The molecule has 0 fully saturated rings. The lowest BCUT2D eigenvalue weighted by molar-refractivity contribution is -0.0498. The molecule has 1 heterocycles. The van der Waals surface area contributed by atoms with Gasteiger partial charge in [-0.3, -0.25) is 4.79 Å². The van der Waals surface area contributed by atoms with E-state index in [0.717, 1.165) is 11.3 Å². The van der Waals surface area contributed by atoms with E-state index in [1.165, 1.54) is 35.7 Å². The minimum absolute atomic E-state index is 0.0192. The number of primary sulfonamides is 1. The Morgan fingerprint density at radius 2 is 1.96 bits per heavy atom. The van der Waals surface area contributed by atoms with Crippen molar-refractivity contribution >= 4 is 27.3 Å². The van der Waals surface area contributed by atoms with Crippen LogP contribution in [0.25, 0.3) is 0 Å². The molecule has 0 unspecified atom stereocenters. The number of carbonyl (C=O) groups excluding carboxylic acids is 1. The molecule has 1 amide bonds. The topological polar surface area (TPSA) is 98.5 Å². The molecule has 0 saturated carbocycles. The second kappa shape index (κ2) is 7.02.